The summed E-state index contributed by atoms with van der Waals surface area (Å²) < 4.78 is 5.25. The monoisotopic (exact) mass is 335 g/mol. The average molecular weight is 335 g/mol. The highest BCUT2D eigenvalue weighted by molar-refractivity contribution is 5.89. The Morgan fingerprint density at radius 3 is 2.44 bits per heavy atom. The fraction of sp³-hybridized carbons (Fsp3) is 0.150. The number of hydrogen-bond donors (Lipinski definition) is 0. The first-order valence-electron chi connectivity index (χ1n) is 8.03. The fourth-order valence-corrected chi connectivity index (χ4v) is 2.74. The highest BCUT2D eigenvalue weighted by Gasteiger charge is 2.10. The zero-order valence-corrected chi connectivity index (χ0v) is 13.6. The Morgan fingerprint density at radius 1 is 0.960 bits per heavy atom. The van der Waals surface area contributed by atoms with Crippen molar-refractivity contribution in [3.05, 3.63) is 88.0 Å². The van der Waals surface area contributed by atoms with Crippen molar-refractivity contribution < 1.29 is 14.5 Å². The number of nitro groups is 1. The number of rotatable bonds is 6. The minimum atomic E-state index is -0.501. The zero-order valence-electron chi connectivity index (χ0n) is 13.6. The maximum absolute atomic E-state index is 12.0. The molecule has 0 fully saturated rings. The van der Waals surface area contributed by atoms with E-state index in [9.17, 15) is 14.9 Å². The Labute approximate surface area is 145 Å². The smallest absolute Gasteiger partial charge is 0.338 e. The number of carbonyl (C=O) groups excluding carboxylic acids is 1. The van der Waals surface area contributed by atoms with Crippen LogP contribution in [0.4, 0.5) is 5.69 Å². The summed E-state index contributed by atoms with van der Waals surface area (Å²) in [5.74, 6) is -0.465. The van der Waals surface area contributed by atoms with Crippen molar-refractivity contribution in [3.8, 4) is 0 Å². The molecule has 0 unspecified atom stereocenters. The summed E-state index contributed by atoms with van der Waals surface area (Å²) in [5, 5.41) is 13.0. The van der Waals surface area contributed by atoms with E-state index in [0.29, 0.717) is 18.6 Å². The summed E-state index contributed by atoms with van der Waals surface area (Å²) in [7, 11) is 0. The second-order valence-corrected chi connectivity index (χ2v) is 5.68. The lowest BCUT2D eigenvalue weighted by Crippen LogP contribution is -2.07. The molecule has 0 aliphatic rings. The highest BCUT2D eigenvalue weighted by atomic mass is 16.6. The van der Waals surface area contributed by atoms with E-state index in [0.717, 1.165) is 6.42 Å². The molecule has 0 aliphatic carbocycles. The Hall–Kier alpha value is -3.21. The van der Waals surface area contributed by atoms with Crippen LogP contribution in [0, 0.1) is 10.1 Å². The number of nitrogens with zero attached hydrogens (tertiary/aromatic N) is 1. The molecular formula is C20H17NO4. The molecule has 25 heavy (non-hydrogen) atoms. The lowest BCUT2D eigenvalue weighted by atomic mass is 10.0. The van der Waals surface area contributed by atoms with Crippen LogP contribution in [0.15, 0.2) is 66.7 Å². The molecule has 0 radical (unpaired) electrons. The molecule has 0 aromatic heterocycles. The van der Waals surface area contributed by atoms with Gasteiger partial charge in [-0.3, -0.25) is 10.1 Å². The van der Waals surface area contributed by atoms with Crippen molar-refractivity contribution in [3.63, 3.8) is 0 Å². The standard InChI is InChI=1S/C20H17NO4/c22-20(17-10-12-18(13-11-17)21(23)24)25-14-4-8-16-7-3-6-15-5-1-2-9-19(15)16/h1-3,5-7,9-13H,4,8,14H2. The van der Waals surface area contributed by atoms with Crippen molar-refractivity contribution in [2.75, 3.05) is 6.61 Å². The summed E-state index contributed by atoms with van der Waals surface area (Å²) in [4.78, 5) is 22.1. The summed E-state index contributed by atoms with van der Waals surface area (Å²) in [5.41, 5.74) is 1.49. The first-order valence-corrected chi connectivity index (χ1v) is 8.03. The van der Waals surface area contributed by atoms with E-state index in [1.165, 1.54) is 40.6 Å². The van der Waals surface area contributed by atoms with Gasteiger partial charge in [-0.1, -0.05) is 42.5 Å². The number of aryl methyl sites for hydroxylation is 1. The van der Waals surface area contributed by atoms with Crippen molar-refractivity contribution in [2.45, 2.75) is 12.8 Å². The van der Waals surface area contributed by atoms with Crippen LogP contribution >= 0.6 is 0 Å². The molecule has 0 N–H and O–H groups in total. The van der Waals surface area contributed by atoms with Crippen molar-refractivity contribution in [1.82, 2.24) is 0 Å². The third kappa shape index (κ3) is 4.01. The molecule has 5 heteroatoms. The minimum absolute atomic E-state index is 0.0486. The SMILES string of the molecule is O=C(OCCCc1cccc2ccccc12)c1ccc([N+](=O)[O-])cc1. The van der Waals surface area contributed by atoms with Gasteiger partial charge in [0.15, 0.2) is 0 Å². The van der Waals surface area contributed by atoms with Crippen LogP contribution in [-0.4, -0.2) is 17.5 Å². The largest absolute Gasteiger partial charge is 0.462 e. The summed E-state index contributed by atoms with van der Waals surface area (Å²) in [6.07, 6.45) is 1.53. The third-order valence-electron chi connectivity index (χ3n) is 4.02. The lowest BCUT2D eigenvalue weighted by molar-refractivity contribution is -0.384. The number of benzene rings is 3. The number of non-ortho nitro benzene ring substituents is 1. The van der Waals surface area contributed by atoms with Gasteiger partial charge in [0.25, 0.3) is 5.69 Å². The predicted octanol–water partition coefficient (Wildman–Crippen LogP) is 4.54. The van der Waals surface area contributed by atoms with Gasteiger partial charge in [-0.25, -0.2) is 4.79 Å². The highest BCUT2D eigenvalue weighted by Crippen LogP contribution is 2.20. The maximum atomic E-state index is 12.0. The first-order chi connectivity index (χ1) is 12.1. The molecule has 3 aromatic carbocycles. The fourth-order valence-electron chi connectivity index (χ4n) is 2.74. The zero-order chi connectivity index (χ0) is 17.6. The van der Waals surface area contributed by atoms with Gasteiger partial charge in [0.2, 0.25) is 0 Å². The number of carbonyl (C=O) groups is 1. The van der Waals surface area contributed by atoms with Crippen LogP contribution in [0.3, 0.4) is 0 Å². The summed E-state index contributed by atoms with van der Waals surface area (Å²) in [6, 6.07) is 19.8. The van der Waals surface area contributed by atoms with Crippen LogP contribution in [0.1, 0.15) is 22.3 Å². The molecule has 0 bridgehead atoms. The molecule has 3 rings (SSSR count). The molecule has 5 nitrogen and oxygen atoms in total. The Morgan fingerprint density at radius 2 is 1.68 bits per heavy atom. The Bertz CT molecular complexity index is 898. The molecule has 0 aliphatic heterocycles. The normalized spacial score (nSPS) is 10.6. The van der Waals surface area contributed by atoms with Gasteiger partial charge in [-0.05, 0) is 41.3 Å². The molecule has 0 amide bonds. The van der Waals surface area contributed by atoms with Crippen molar-refractivity contribution >= 4 is 22.4 Å². The number of hydrogen-bond acceptors (Lipinski definition) is 4. The topological polar surface area (TPSA) is 69.4 Å². The second kappa shape index (κ2) is 7.57. The molecule has 0 heterocycles. The summed E-state index contributed by atoms with van der Waals surface area (Å²) >= 11 is 0. The van der Waals surface area contributed by atoms with E-state index in [-0.39, 0.29) is 5.69 Å². The van der Waals surface area contributed by atoms with Crippen LogP contribution in [0.5, 0.6) is 0 Å². The molecule has 0 atom stereocenters. The van der Waals surface area contributed by atoms with E-state index in [2.05, 4.69) is 24.3 Å². The van der Waals surface area contributed by atoms with Crippen molar-refractivity contribution in [2.24, 2.45) is 0 Å². The molecular weight excluding hydrogens is 318 g/mol. The molecule has 0 saturated carbocycles. The predicted molar refractivity (Wildman–Crippen MR) is 95.6 cm³/mol. The van der Waals surface area contributed by atoms with Gasteiger partial charge in [-0.2, -0.15) is 0 Å². The number of ether oxygens (including phenoxy) is 1. The molecule has 0 spiro atoms. The number of nitro benzene ring substituents is 1. The minimum Gasteiger partial charge on any atom is -0.462 e. The molecule has 3 aromatic rings. The molecule has 126 valence electrons. The number of fused-ring (bicyclic) bond motifs is 1. The van der Waals surface area contributed by atoms with E-state index < -0.39 is 10.9 Å². The van der Waals surface area contributed by atoms with E-state index in [1.807, 2.05) is 18.2 Å². The maximum Gasteiger partial charge on any atom is 0.338 e. The quantitative estimate of drug-likeness (QED) is 0.287. The summed E-state index contributed by atoms with van der Waals surface area (Å²) in [6.45, 7) is 0.305. The second-order valence-electron chi connectivity index (χ2n) is 5.68. The third-order valence-corrected chi connectivity index (χ3v) is 4.02. The van der Waals surface area contributed by atoms with Gasteiger partial charge in [0, 0.05) is 12.1 Å². The van der Waals surface area contributed by atoms with Gasteiger partial charge >= 0.3 is 5.97 Å². The van der Waals surface area contributed by atoms with Crippen LogP contribution in [0.25, 0.3) is 10.8 Å². The van der Waals surface area contributed by atoms with Gasteiger partial charge in [-0.15, -0.1) is 0 Å². The number of esters is 1. The van der Waals surface area contributed by atoms with Crippen LogP contribution in [-0.2, 0) is 11.2 Å². The Kier molecular flexibility index (Phi) is 5.04. The van der Waals surface area contributed by atoms with E-state index >= 15 is 0 Å². The molecule has 0 saturated heterocycles. The van der Waals surface area contributed by atoms with E-state index in [1.54, 1.807) is 0 Å². The van der Waals surface area contributed by atoms with Crippen LogP contribution < -0.4 is 0 Å². The Balaban J connectivity index is 1.54. The van der Waals surface area contributed by atoms with Crippen molar-refractivity contribution in [1.29, 1.82) is 0 Å². The van der Waals surface area contributed by atoms with Gasteiger partial charge in [0.1, 0.15) is 0 Å². The van der Waals surface area contributed by atoms with Gasteiger partial charge < -0.3 is 4.74 Å². The lowest BCUT2D eigenvalue weighted by Gasteiger charge is -2.07. The first kappa shape index (κ1) is 16.6. The van der Waals surface area contributed by atoms with E-state index in [4.69, 9.17) is 4.74 Å². The average Bonchev–Trinajstić information content (AvgIpc) is 2.65. The van der Waals surface area contributed by atoms with Crippen LogP contribution in [0.2, 0.25) is 0 Å². The van der Waals surface area contributed by atoms with Gasteiger partial charge in [0.05, 0.1) is 17.1 Å².